The van der Waals surface area contributed by atoms with Crippen molar-refractivity contribution in [2.45, 2.75) is 0 Å². The molecule has 0 bridgehead atoms. The summed E-state index contributed by atoms with van der Waals surface area (Å²) in [6, 6.07) is 8.76. The highest BCUT2D eigenvalue weighted by Gasteiger charge is 2.26. The number of rotatable bonds is 6. The Kier molecular flexibility index (Phi) is 4.75. The van der Waals surface area contributed by atoms with E-state index >= 15 is 0 Å². The van der Waals surface area contributed by atoms with Gasteiger partial charge in [0.2, 0.25) is 0 Å². The predicted molar refractivity (Wildman–Crippen MR) is 93.4 cm³/mol. The quantitative estimate of drug-likeness (QED) is 0.495. The summed E-state index contributed by atoms with van der Waals surface area (Å²) in [5, 5.41) is 26.8. The third-order valence-electron chi connectivity index (χ3n) is 3.90. The van der Waals surface area contributed by atoms with Gasteiger partial charge in [-0.15, -0.1) is 0 Å². The zero-order chi connectivity index (χ0) is 19.6. The maximum atomic E-state index is 12.0. The second-order valence-corrected chi connectivity index (χ2v) is 5.39. The van der Waals surface area contributed by atoms with E-state index in [2.05, 4.69) is 14.9 Å². The number of carboxylic acid groups (broad SMARTS) is 2. The summed E-state index contributed by atoms with van der Waals surface area (Å²) in [7, 11) is 2.80. The van der Waals surface area contributed by atoms with Crippen LogP contribution in [0.1, 0.15) is 11.1 Å². The van der Waals surface area contributed by atoms with Crippen molar-refractivity contribution < 1.29 is 33.9 Å². The molecular formula is C18H14N2O7. The molecule has 27 heavy (non-hydrogen) atoms. The van der Waals surface area contributed by atoms with Gasteiger partial charge in [-0.05, 0) is 40.1 Å². The Balaban J connectivity index is 2.32. The van der Waals surface area contributed by atoms with E-state index in [1.807, 2.05) is 0 Å². The number of fused-ring (bicyclic) bond motifs is 1. The van der Waals surface area contributed by atoms with Gasteiger partial charge in [-0.1, -0.05) is 6.07 Å². The molecule has 0 aliphatic rings. The molecule has 9 heteroatoms. The third kappa shape index (κ3) is 3.30. The fourth-order valence-electron chi connectivity index (χ4n) is 2.67. The number of carbonyl (C=O) groups is 2. The van der Waals surface area contributed by atoms with Crippen molar-refractivity contribution in [1.29, 1.82) is 0 Å². The van der Waals surface area contributed by atoms with Crippen molar-refractivity contribution in [3.05, 3.63) is 47.5 Å². The highest BCUT2D eigenvalue weighted by molar-refractivity contribution is 6.37. The van der Waals surface area contributed by atoms with Crippen LogP contribution in [-0.2, 0) is 9.59 Å². The van der Waals surface area contributed by atoms with Crippen molar-refractivity contribution in [3.63, 3.8) is 0 Å². The van der Waals surface area contributed by atoms with Gasteiger partial charge in [0.15, 0.2) is 0 Å². The Labute approximate surface area is 152 Å². The van der Waals surface area contributed by atoms with Crippen LogP contribution in [0.25, 0.3) is 22.2 Å². The molecule has 138 valence electrons. The van der Waals surface area contributed by atoms with E-state index in [1.54, 1.807) is 0 Å². The third-order valence-corrected chi connectivity index (χ3v) is 3.90. The van der Waals surface area contributed by atoms with Gasteiger partial charge in [-0.25, -0.2) is 14.2 Å². The van der Waals surface area contributed by atoms with E-state index in [0.717, 1.165) is 0 Å². The minimum absolute atomic E-state index is 0.0987. The zero-order valence-electron chi connectivity index (χ0n) is 14.3. The fourth-order valence-corrected chi connectivity index (χ4v) is 2.67. The molecule has 2 aromatic carbocycles. The van der Waals surface area contributed by atoms with E-state index in [4.69, 9.17) is 9.47 Å². The molecule has 0 atom stereocenters. The number of nitrogens with zero attached hydrogens (tertiary/aromatic N) is 2. The topological polar surface area (TPSA) is 132 Å². The maximum absolute atomic E-state index is 12.0. The number of ether oxygens (including phenoxy) is 2. The molecule has 0 saturated heterocycles. The number of benzene rings is 2. The van der Waals surface area contributed by atoms with Crippen LogP contribution >= 0.6 is 0 Å². The Bertz CT molecular complexity index is 1070. The summed E-state index contributed by atoms with van der Waals surface area (Å²) in [5.74, 6) is -2.24. The van der Waals surface area contributed by atoms with Gasteiger partial charge in [-0.3, -0.25) is 0 Å². The van der Waals surface area contributed by atoms with E-state index in [1.165, 1.54) is 50.6 Å². The molecule has 0 fully saturated rings. The average molecular weight is 370 g/mol. The SMILES string of the molecule is COc1ccc(C(C(=O)O)=C(C(=O)O)c2ccc3nonc3c2)c(OC)c1. The lowest BCUT2D eigenvalue weighted by Gasteiger charge is -2.14. The molecule has 0 unspecified atom stereocenters. The van der Waals surface area contributed by atoms with Gasteiger partial charge in [0.05, 0.1) is 25.4 Å². The lowest BCUT2D eigenvalue weighted by molar-refractivity contribution is -0.132. The predicted octanol–water partition coefficient (Wildman–Crippen LogP) is 2.32. The second kappa shape index (κ2) is 7.16. The molecule has 0 spiro atoms. The van der Waals surface area contributed by atoms with Gasteiger partial charge in [0.25, 0.3) is 0 Å². The van der Waals surface area contributed by atoms with Crippen molar-refractivity contribution in [1.82, 2.24) is 10.3 Å². The first kappa shape index (κ1) is 17.9. The van der Waals surface area contributed by atoms with Gasteiger partial charge < -0.3 is 19.7 Å². The van der Waals surface area contributed by atoms with Crippen LogP contribution in [0.4, 0.5) is 0 Å². The molecule has 2 N–H and O–H groups in total. The summed E-state index contributed by atoms with van der Waals surface area (Å²) < 4.78 is 14.9. The van der Waals surface area contributed by atoms with Crippen LogP contribution < -0.4 is 9.47 Å². The van der Waals surface area contributed by atoms with E-state index < -0.39 is 23.1 Å². The average Bonchev–Trinajstić information content (AvgIpc) is 3.12. The monoisotopic (exact) mass is 370 g/mol. The minimum atomic E-state index is -1.42. The van der Waals surface area contributed by atoms with Gasteiger partial charge >= 0.3 is 11.9 Å². The van der Waals surface area contributed by atoms with Crippen molar-refractivity contribution >= 4 is 34.1 Å². The van der Waals surface area contributed by atoms with Crippen molar-refractivity contribution in [3.8, 4) is 11.5 Å². The molecule has 1 heterocycles. The summed E-state index contributed by atoms with van der Waals surface area (Å²) >= 11 is 0. The molecule has 0 radical (unpaired) electrons. The molecule has 0 amide bonds. The van der Waals surface area contributed by atoms with E-state index in [-0.39, 0.29) is 16.9 Å². The lowest BCUT2D eigenvalue weighted by Crippen LogP contribution is -2.11. The standard InChI is InChI=1S/C18H14N2O7/c1-25-10-4-5-11(14(8-10)26-2)16(18(23)24)15(17(21)22)9-3-6-12-13(7-9)20-27-19-12/h3-8H,1-2H3,(H,21,22)(H,23,24). The molecule has 0 aliphatic carbocycles. The lowest BCUT2D eigenvalue weighted by atomic mass is 9.93. The number of hydrogen-bond donors (Lipinski definition) is 2. The highest BCUT2D eigenvalue weighted by Crippen LogP contribution is 2.35. The molecule has 3 aromatic rings. The van der Waals surface area contributed by atoms with Crippen LogP contribution in [0.15, 0.2) is 41.0 Å². The number of aliphatic carboxylic acids is 2. The summed E-state index contributed by atoms with van der Waals surface area (Å²) in [4.78, 5) is 24.0. The number of methoxy groups -OCH3 is 2. The first-order chi connectivity index (χ1) is 13.0. The van der Waals surface area contributed by atoms with E-state index in [9.17, 15) is 19.8 Å². The van der Waals surface area contributed by atoms with Crippen LogP contribution in [-0.4, -0.2) is 46.7 Å². The number of carboxylic acids is 2. The smallest absolute Gasteiger partial charge is 0.337 e. The highest BCUT2D eigenvalue weighted by atomic mass is 16.6. The van der Waals surface area contributed by atoms with Crippen molar-refractivity contribution in [2.75, 3.05) is 14.2 Å². The van der Waals surface area contributed by atoms with Gasteiger partial charge in [0, 0.05) is 11.6 Å². The van der Waals surface area contributed by atoms with E-state index in [0.29, 0.717) is 16.8 Å². The largest absolute Gasteiger partial charge is 0.497 e. The molecule has 0 aliphatic heterocycles. The Morgan fingerprint density at radius 1 is 0.889 bits per heavy atom. The molecular weight excluding hydrogens is 356 g/mol. The Morgan fingerprint density at radius 2 is 1.59 bits per heavy atom. The Morgan fingerprint density at radius 3 is 2.22 bits per heavy atom. The molecule has 3 rings (SSSR count). The minimum Gasteiger partial charge on any atom is -0.497 e. The summed E-state index contributed by atoms with van der Waals surface area (Å²) in [5.41, 5.74) is 0.108. The number of aromatic nitrogens is 2. The molecule has 0 saturated carbocycles. The first-order valence-corrected chi connectivity index (χ1v) is 7.62. The van der Waals surface area contributed by atoms with Crippen LogP contribution in [0.3, 0.4) is 0 Å². The Hall–Kier alpha value is -3.88. The van der Waals surface area contributed by atoms with Crippen LogP contribution in [0.5, 0.6) is 11.5 Å². The molecule has 1 aromatic heterocycles. The van der Waals surface area contributed by atoms with Gasteiger partial charge in [0.1, 0.15) is 22.5 Å². The summed E-state index contributed by atoms with van der Waals surface area (Å²) in [6.07, 6.45) is 0. The number of hydrogen-bond acceptors (Lipinski definition) is 7. The first-order valence-electron chi connectivity index (χ1n) is 7.62. The maximum Gasteiger partial charge on any atom is 0.337 e. The second-order valence-electron chi connectivity index (χ2n) is 5.39. The van der Waals surface area contributed by atoms with Gasteiger partial charge in [-0.2, -0.15) is 0 Å². The van der Waals surface area contributed by atoms with Crippen molar-refractivity contribution in [2.24, 2.45) is 0 Å². The summed E-state index contributed by atoms with van der Waals surface area (Å²) in [6.45, 7) is 0. The fraction of sp³-hybridized carbons (Fsp3) is 0.111. The zero-order valence-corrected chi connectivity index (χ0v) is 14.3. The van der Waals surface area contributed by atoms with Crippen LogP contribution in [0, 0.1) is 0 Å². The van der Waals surface area contributed by atoms with Crippen LogP contribution in [0.2, 0.25) is 0 Å². The molecule has 9 nitrogen and oxygen atoms in total. The normalized spacial score (nSPS) is 11.8.